The number of amides is 2. The van der Waals surface area contributed by atoms with Gasteiger partial charge in [-0.25, -0.2) is 8.42 Å². The summed E-state index contributed by atoms with van der Waals surface area (Å²) in [6.45, 7) is 6.71. The van der Waals surface area contributed by atoms with Gasteiger partial charge in [-0.1, -0.05) is 6.07 Å². The highest BCUT2D eigenvalue weighted by Crippen LogP contribution is 2.21. The van der Waals surface area contributed by atoms with Gasteiger partial charge in [-0.05, 0) is 92.7 Å². The minimum absolute atomic E-state index is 0.0195. The lowest BCUT2D eigenvalue weighted by molar-refractivity contribution is -0.118. The Morgan fingerprint density at radius 2 is 1.47 bits per heavy atom. The molecule has 1 aliphatic heterocycles. The van der Waals surface area contributed by atoms with Crippen LogP contribution < -0.4 is 14.8 Å². The van der Waals surface area contributed by atoms with E-state index in [0.29, 0.717) is 35.8 Å². The van der Waals surface area contributed by atoms with Crippen LogP contribution in [0.1, 0.15) is 21.5 Å². The summed E-state index contributed by atoms with van der Waals surface area (Å²) in [5, 5.41) is 2.73. The Morgan fingerprint density at radius 1 is 0.842 bits per heavy atom. The molecular weight excluding hydrogens is 504 g/mol. The minimum Gasteiger partial charge on any atom is -0.484 e. The van der Waals surface area contributed by atoms with Crippen molar-refractivity contribution in [3.05, 3.63) is 83.4 Å². The van der Waals surface area contributed by atoms with Crippen molar-refractivity contribution < 1.29 is 22.7 Å². The second-order valence-electron chi connectivity index (χ2n) is 9.39. The fourth-order valence-corrected chi connectivity index (χ4v) is 5.02. The second kappa shape index (κ2) is 11.7. The van der Waals surface area contributed by atoms with Crippen molar-refractivity contribution >= 4 is 33.2 Å². The summed E-state index contributed by atoms with van der Waals surface area (Å²) < 4.78 is 33.5. The minimum atomic E-state index is -3.77. The molecule has 2 N–H and O–H groups in total. The van der Waals surface area contributed by atoms with E-state index in [1.54, 1.807) is 36.4 Å². The number of hydrogen-bond acceptors (Lipinski definition) is 6. The van der Waals surface area contributed by atoms with Crippen LogP contribution in [-0.4, -0.2) is 69.9 Å². The van der Waals surface area contributed by atoms with Gasteiger partial charge in [0.05, 0.1) is 4.90 Å². The van der Waals surface area contributed by atoms with Crippen molar-refractivity contribution in [2.24, 2.45) is 0 Å². The maximum absolute atomic E-state index is 12.7. The number of piperazine rings is 1. The topological polar surface area (TPSA) is 108 Å². The molecule has 2 amide bonds. The highest BCUT2D eigenvalue weighted by atomic mass is 32.2. The smallest absolute Gasteiger partial charge is 0.262 e. The molecule has 1 saturated heterocycles. The van der Waals surface area contributed by atoms with Crippen molar-refractivity contribution in [2.75, 3.05) is 49.9 Å². The Balaban J connectivity index is 1.27. The fourth-order valence-electron chi connectivity index (χ4n) is 3.97. The molecule has 38 heavy (non-hydrogen) atoms. The van der Waals surface area contributed by atoms with Crippen molar-refractivity contribution in [3.63, 3.8) is 0 Å². The molecule has 0 atom stereocenters. The standard InChI is InChI=1S/C28H32N4O5S/c1-20-4-7-24(18-21(20)2)30-38(35,36)26-12-10-25(11-13-26)37-19-27(33)29-23-8-5-22(6-9-23)28(34)32-16-14-31(3)15-17-32/h4-13,18,30H,14-17,19H2,1-3H3,(H,29,33). The highest BCUT2D eigenvalue weighted by Gasteiger charge is 2.20. The molecule has 1 fully saturated rings. The van der Waals surface area contributed by atoms with E-state index in [2.05, 4.69) is 14.9 Å². The van der Waals surface area contributed by atoms with Crippen molar-refractivity contribution in [1.82, 2.24) is 9.80 Å². The third-order valence-electron chi connectivity index (χ3n) is 6.47. The lowest BCUT2D eigenvalue weighted by Gasteiger charge is -2.32. The molecule has 0 radical (unpaired) electrons. The molecule has 0 bridgehead atoms. The third-order valence-corrected chi connectivity index (χ3v) is 7.87. The van der Waals surface area contributed by atoms with Gasteiger partial charge in [0.1, 0.15) is 5.75 Å². The van der Waals surface area contributed by atoms with Crippen molar-refractivity contribution in [2.45, 2.75) is 18.7 Å². The molecule has 0 aromatic heterocycles. The van der Waals surface area contributed by atoms with Crippen LogP contribution in [0.15, 0.2) is 71.6 Å². The number of anilines is 2. The van der Waals surface area contributed by atoms with Crippen LogP contribution in [0, 0.1) is 13.8 Å². The summed E-state index contributed by atoms with van der Waals surface area (Å²) in [5.74, 6) is -0.0383. The second-order valence-corrected chi connectivity index (χ2v) is 11.1. The fraction of sp³-hybridized carbons (Fsp3) is 0.286. The molecular formula is C28H32N4O5S. The molecule has 0 spiro atoms. The number of hydrogen-bond donors (Lipinski definition) is 2. The monoisotopic (exact) mass is 536 g/mol. The molecule has 3 aromatic carbocycles. The molecule has 200 valence electrons. The molecule has 1 heterocycles. The number of nitrogens with zero attached hydrogens (tertiary/aromatic N) is 2. The zero-order valence-corrected chi connectivity index (χ0v) is 22.5. The number of aryl methyl sites for hydroxylation is 2. The van der Waals surface area contributed by atoms with Crippen LogP contribution >= 0.6 is 0 Å². The van der Waals surface area contributed by atoms with E-state index in [1.165, 1.54) is 24.3 Å². The van der Waals surface area contributed by atoms with Gasteiger partial charge in [-0.2, -0.15) is 0 Å². The van der Waals surface area contributed by atoms with E-state index < -0.39 is 10.0 Å². The summed E-state index contributed by atoms with van der Waals surface area (Å²) in [6, 6.07) is 18.0. The maximum atomic E-state index is 12.7. The number of ether oxygens (including phenoxy) is 1. The molecule has 9 nitrogen and oxygen atoms in total. The summed E-state index contributed by atoms with van der Waals surface area (Å²) in [5.41, 5.74) is 3.68. The average Bonchev–Trinajstić information content (AvgIpc) is 2.90. The largest absolute Gasteiger partial charge is 0.484 e. The number of nitrogens with one attached hydrogen (secondary N) is 2. The maximum Gasteiger partial charge on any atom is 0.262 e. The molecule has 10 heteroatoms. The summed E-state index contributed by atoms with van der Waals surface area (Å²) >= 11 is 0. The Labute approximate surface area is 223 Å². The number of carbonyl (C=O) groups is 2. The van der Waals surface area contributed by atoms with Gasteiger partial charge in [-0.3, -0.25) is 14.3 Å². The number of carbonyl (C=O) groups excluding carboxylic acids is 2. The lowest BCUT2D eigenvalue weighted by Crippen LogP contribution is -2.47. The Bertz CT molecular complexity index is 1400. The van der Waals surface area contributed by atoms with Crippen LogP contribution in [0.2, 0.25) is 0 Å². The van der Waals surface area contributed by atoms with E-state index in [0.717, 1.165) is 24.2 Å². The molecule has 1 aliphatic rings. The van der Waals surface area contributed by atoms with Gasteiger partial charge in [0.15, 0.2) is 6.61 Å². The molecule has 0 unspecified atom stereocenters. The van der Waals surface area contributed by atoms with Crippen LogP contribution in [0.5, 0.6) is 5.75 Å². The van der Waals surface area contributed by atoms with Crippen LogP contribution in [-0.2, 0) is 14.8 Å². The van der Waals surface area contributed by atoms with Crippen molar-refractivity contribution in [3.8, 4) is 5.75 Å². The number of benzene rings is 3. The normalized spacial score (nSPS) is 14.1. The van der Waals surface area contributed by atoms with E-state index in [1.807, 2.05) is 31.9 Å². The molecule has 0 saturated carbocycles. The first-order chi connectivity index (χ1) is 18.1. The predicted octanol–water partition coefficient (Wildman–Crippen LogP) is 3.51. The van der Waals surface area contributed by atoms with E-state index in [-0.39, 0.29) is 23.3 Å². The van der Waals surface area contributed by atoms with Gasteiger partial charge in [0.25, 0.3) is 21.8 Å². The van der Waals surface area contributed by atoms with Gasteiger partial charge in [-0.15, -0.1) is 0 Å². The SMILES string of the molecule is Cc1ccc(NS(=O)(=O)c2ccc(OCC(=O)Nc3ccc(C(=O)N4CCN(C)CC4)cc3)cc2)cc1C. The average molecular weight is 537 g/mol. The zero-order valence-electron chi connectivity index (χ0n) is 21.7. The highest BCUT2D eigenvalue weighted by molar-refractivity contribution is 7.92. The quantitative estimate of drug-likeness (QED) is 0.456. The lowest BCUT2D eigenvalue weighted by atomic mass is 10.1. The first-order valence-corrected chi connectivity index (χ1v) is 13.8. The predicted molar refractivity (Wildman–Crippen MR) is 147 cm³/mol. The first-order valence-electron chi connectivity index (χ1n) is 12.3. The molecule has 3 aromatic rings. The van der Waals surface area contributed by atoms with Crippen LogP contribution in [0.3, 0.4) is 0 Å². The zero-order chi connectivity index (χ0) is 27.3. The Hall–Kier alpha value is -3.89. The molecule has 4 rings (SSSR count). The van der Waals surface area contributed by atoms with Crippen molar-refractivity contribution in [1.29, 1.82) is 0 Å². The summed E-state index contributed by atoms with van der Waals surface area (Å²) in [7, 11) is -1.73. The van der Waals surface area contributed by atoms with E-state index >= 15 is 0 Å². The van der Waals surface area contributed by atoms with Gasteiger partial charge in [0.2, 0.25) is 0 Å². The van der Waals surface area contributed by atoms with Gasteiger partial charge < -0.3 is 19.9 Å². The van der Waals surface area contributed by atoms with E-state index in [9.17, 15) is 18.0 Å². The van der Waals surface area contributed by atoms with E-state index in [4.69, 9.17) is 4.74 Å². The van der Waals surface area contributed by atoms with Crippen LogP contribution in [0.25, 0.3) is 0 Å². The van der Waals surface area contributed by atoms with Crippen LogP contribution in [0.4, 0.5) is 11.4 Å². The number of rotatable bonds is 8. The number of likely N-dealkylation sites (N-methyl/N-ethyl adjacent to an activating group) is 1. The van der Waals surface area contributed by atoms with Gasteiger partial charge >= 0.3 is 0 Å². The number of sulfonamides is 1. The summed E-state index contributed by atoms with van der Waals surface area (Å²) in [6.07, 6.45) is 0. The third kappa shape index (κ3) is 6.90. The summed E-state index contributed by atoms with van der Waals surface area (Å²) in [4.78, 5) is 29.1. The Morgan fingerprint density at radius 3 is 2.11 bits per heavy atom. The molecule has 0 aliphatic carbocycles. The first kappa shape index (κ1) is 27.2. The Kier molecular flexibility index (Phi) is 8.33. The van der Waals surface area contributed by atoms with Gasteiger partial charge in [0, 0.05) is 43.1 Å².